The van der Waals surface area contributed by atoms with E-state index in [-0.39, 0.29) is 6.03 Å². The van der Waals surface area contributed by atoms with E-state index in [1.165, 1.54) is 0 Å². The van der Waals surface area contributed by atoms with Gasteiger partial charge in [0.2, 0.25) is 0 Å². The van der Waals surface area contributed by atoms with Gasteiger partial charge >= 0.3 is 6.03 Å². The molecule has 0 aromatic heterocycles. The highest BCUT2D eigenvalue weighted by Crippen LogP contribution is 2.10. The number of methoxy groups -OCH3 is 1. The van der Waals surface area contributed by atoms with E-state index in [1.807, 2.05) is 43.3 Å². The fourth-order valence-corrected chi connectivity index (χ4v) is 1.38. The fraction of sp³-hybridized carbons (Fsp3) is 0.462. The molecule has 1 rings (SSSR count). The van der Waals surface area contributed by atoms with Gasteiger partial charge in [0.05, 0.1) is 7.11 Å². The van der Waals surface area contributed by atoms with Gasteiger partial charge in [-0.2, -0.15) is 0 Å². The van der Waals surface area contributed by atoms with Crippen LogP contribution in [0, 0.1) is 0 Å². The van der Waals surface area contributed by atoms with Crippen LogP contribution >= 0.6 is 0 Å². The number of carbonyl (C=O) groups is 1. The summed E-state index contributed by atoms with van der Waals surface area (Å²) < 4.78 is 5.07. The molecule has 2 N–H and O–H groups in total. The Balaban J connectivity index is 2.24. The first-order chi connectivity index (χ1) is 8.61. The Morgan fingerprint density at radius 2 is 1.89 bits per heavy atom. The molecule has 0 heterocycles. The van der Waals surface area contributed by atoms with E-state index in [2.05, 4.69) is 10.6 Å². The summed E-state index contributed by atoms with van der Waals surface area (Å²) in [7, 11) is 5.57. The maximum atomic E-state index is 11.5. The third kappa shape index (κ3) is 5.54. The van der Waals surface area contributed by atoms with E-state index in [1.54, 1.807) is 7.11 Å². The molecule has 0 radical (unpaired) electrons. The van der Waals surface area contributed by atoms with E-state index in [4.69, 9.17) is 4.74 Å². The first-order valence-electron chi connectivity index (χ1n) is 5.91. The zero-order valence-electron chi connectivity index (χ0n) is 11.2. The Kier molecular flexibility index (Phi) is 6.00. The highest BCUT2D eigenvalue weighted by molar-refractivity contribution is 5.73. The molecule has 0 spiro atoms. The number of carbonyl (C=O) groups excluding carboxylic acids is 1. The van der Waals surface area contributed by atoms with Crippen LogP contribution in [0.3, 0.4) is 0 Å². The number of urea groups is 1. The summed E-state index contributed by atoms with van der Waals surface area (Å²) in [4.78, 5) is 13.5. The van der Waals surface area contributed by atoms with Crippen molar-refractivity contribution >= 4 is 6.03 Å². The monoisotopic (exact) mass is 251 g/mol. The zero-order valence-corrected chi connectivity index (χ0v) is 11.2. The Labute approximate surface area is 108 Å². The quantitative estimate of drug-likeness (QED) is 0.795. The molecule has 5 nitrogen and oxygen atoms in total. The van der Waals surface area contributed by atoms with Gasteiger partial charge in [-0.15, -0.1) is 0 Å². The van der Waals surface area contributed by atoms with Crippen LogP contribution in [0.5, 0.6) is 5.75 Å². The second-order valence-corrected chi connectivity index (χ2v) is 4.26. The van der Waals surface area contributed by atoms with Crippen LogP contribution in [0.1, 0.15) is 5.56 Å². The smallest absolute Gasteiger partial charge is 0.315 e. The lowest BCUT2D eigenvalue weighted by Gasteiger charge is -2.11. The van der Waals surface area contributed by atoms with E-state index >= 15 is 0 Å². The topological polar surface area (TPSA) is 53.6 Å². The highest BCUT2D eigenvalue weighted by atomic mass is 16.5. The van der Waals surface area contributed by atoms with Crippen molar-refractivity contribution in [1.82, 2.24) is 15.5 Å². The molecule has 1 aromatic rings. The van der Waals surface area contributed by atoms with Crippen LogP contribution in [-0.2, 0) is 6.54 Å². The number of ether oxygens (including phenoxy) is 1. The molecule has 0 fully saturated rings. The molecule has 0 aliphatic rings. The molecule has 100 valence electrons. The largest absolute Gasteiger partial charge is 0.497 e. The Bertz CT molecular complexity index is 363. The van der Waals surface area contributed by atoms with Crippen molar-refractivity contribution in [2.45, 2.75) is 6.54 Å². The first kappa shape index (κ1) is 14.3. The van der Waals surface area contributed by atoms with Crippen LogP contribution in [0.15, 0.2) is 24.3 Å². The molecule has 1 aromatic carbocycles. The van der Waals surface area contributed by atoms with Crippen LogP contribution in [-0.4, -0.2) is 45.2 Å². The van der Waals surface area contributed by atoms with Crippen molar-refractivity contribution in [3.8, 4) is 5.75 Å². The lowest BCUT2D eigenvalue weighted by molar-refractivity contribution is 0.239. The summed E-state index contributed by atoms with van der Waals surface area (Å²) >= 11 is 0. The summed E-state index contributed by atoms with van der Waals surface area (Å²) in [5.41, 5.74) is 1.04. The molecule has 0 unspecified atom stereocenters. The van der Waals surface area contributed by atoms with Crippen LogP contribution in [0.25, 0.3) is 0 Å². The Hall–Kier alpha value is -1.75. The number of rotatable bonds is 6. The van der Waals surface area contributed by atoms with Gasteiger partial charge in [0.25, 0.3) is 0 Å². The minimum absolute atomic E-state index is 0.146. The predicted molar refractivity (Wildman–Crippen MR) is 71.8 cm³/mol. The van der Waals surface area contributed by atoms with Crippen molar-refractivity contribution in [3.63, 3.8) is 0 Å². The summed E-state index contributed by atoms with van der Waals surface area (Å²) in [6.07, 6.45) is 0. The minimum atomic E-state index is -0.146. The van der Waals surface area contributed by atoms with E-state index in [9.17, 15) is 4.79 Å². The van der Waals surface area contributed by atoms with Gasteiger partial charge in [0, 0.05) is 19.6 Å². The summed E-state index contributed by atoms with van der Waals surface area (Å²) in [5, 5.41) is 5.59. The summed E-state index contributed by atoms with van der Waals surface area (Å²) in [6.45, 7) is 1.98. The molecule has 18 heavy (non-hydrogen) atoms. The third-order valence-corrected chi connectivity index (χ3v) is 2.46. The van der Waals surface area contributed by atoms with Crippen molar-refractivity contribution in [3.05, 3.63) is 29.8 Å². The normalized spacial score (nSPS) is 10.2. The van der Waals surface area contributed by atoms with Gasteiger partial charge in [-0.1, -0.05) is 12.1 Å². The van der Waals surface area contributed by atoms with Crippen molar-refractivity contribution < 1.29 is 9.53 Å². The van der Waals surface area contributed by atoms with Crippen molar-refractivity contribution in [2.75, 3.05) is 34.3 Å². The molecule has 2 amide bonds. The fourth-order valence-electron chi connectivity index (χ4n) is 1.38. The maximum absolute atomic E-state index is 11.5. The lowest BCUT2D eigenvalue weighted by atomic mass is 10.2. The zero-order chi connectivity index (χ0) is 13.4. The predicted octanol–water partition coefficient (Wildman–Crippen LogP) is 1.06. The second kappa shape index (κ2) is 7.55. The summed E-state index contributed by atoms with van der Waals surface area (Å²) in [6, 6.07) is 7.47. The van der Waals surface area contributed by atoms with Crippen molar-refractivity contribution in [1.29, 1.82) is 0 Å². The highest BCUT2D eigenvalue weighted by Gasteiger charge is 2.00. The minimum Gasteiger partial charge on any atom is -0.497 e. The standard InChI is InChI=1S/C13H21N3O2/c1-16(2)9-8-14-13(17)15-10-11-4-6-12(18-3)7-5-11/h4-7H,8-10H2,1-3H3,(H2,14,15,17). The molecule has 0 saturated carbocycles. The first-order valence-corrected chi connectivity index (χ1v) is 5.91. The maximum Gasteiger partial charge on any atom is 0.315 e. The summed E-state index contributed by atoms with van der Waals surface area (Å²) in [5.74, 6) is 0.814. The van der Waals surface area contributed by atoms with Crippen LogP contribution in [0.4, 0.5) is 4.79 Å². The van der Waals surface area contributed by atoms with Gasteiger partial charge < -0.3 is 20.3 Å². The Morgan fingerprint density at radius 3 is 2.44 bits per heavy atom. The van der Waals surface area contributed by atoms with Gasteiger partial charge in [0.15, 0.2) is 0 Å². The number of nitrogens with zero attached hydrogens (tertiary/aromatic N) is 1. The molecular weight excluding hydrogens is 230 g/mol. The number of amides is 2. The van der Waals surface area contributed by atoms with Gasteiger partial charge in [0.1, 0.15) is 5.75 Å². The molecule has 0 aliphatic heterocycles. The number of hydrogen-bond acceptors (Lipinski definition) is 3. The average molecular weight is 251 g/mol. The average Bonchev–Trinajstić information content (AvgIpc) is 2.36. The Morgan fingerprint density at radius 1 is 1.22 bits per heavy atom. The molecule has 0 saturated heterocycles. The molecule has 0 atom stereocenters. The number of hydrogen-bond donors (Lipinski definition) is 2. The molecular formula is C13H21N3O2. The van der Waals surface area contributed by atoms with E-state index in [0.717, 1.165) is 17.9 Å². The van der Waals surface area contributed by atoms with Crippen LogP contribution < -0.4 is 15.4 Å². The van der Waals surface area contributed by atoms with Gasteiger partial charge in [-0.3, -0.25) is 0 Å². The van der Waals surface area contributed by atoms with E-state index in [0.29, 0.717) is 13.1 Å². The van der Waals surface area contributed by atoms with Gasteiger partial charge in [-0.25, -0.2) is 4.79 Å². The number of nitrogens with one attached hydrogen (secondary N) is 2. The molecule has 0 bridgehead atoms. The number of benzene rings is 1. The lowest BCUT2D eigenvalue weighted by Crippen LogP contribution is -2.38. The second-order valence-electron chi connectivity index (χ2n) is 4.26. The molecule has 5 heteroatoms. The van der Waals surface area contributed by atoms with Crippen LogP contribution in [0.2, 0.25) is 0 Å². The van der Waals surface area contributed by atoms with E-state index < -0.39 is 0 Å². The number of likely N-dealkylation sites (N-methyl/N-ethyl adjacent to an activating group) is 1. The third-order valence-electron chi connectivity index (χ3n) is 2.46. The van der Waals surface area contributed by atoms with Crippen molar-refractivity contribution in [2.24, 2.45) is 0 Å². The molecule has 0 aliphatic carbocycles. The van der Waals surface area contributed by atoms with Gasteiger partial charge in [-0.05, 0) is 31.8 Å². The SMILES string of the molecule is COc1ccc(CNC(=O)NCCN(C)C)cc1.